The third kappa shape index (κ3) is 3.51. The molecule has 0 unspecified atom stereocenters. The van der Waals surface area contributed by atoms with E-state index in [-0.39, 0.29) is 5.76 Å². The first-order valence-corrected chi connectivity index (χ1v) is 6.74. The third-order valence-electron chi connectivity index (χ3n) is 3.19. The van der Waals surface area contributed by atoms with Gasteiger partial charge in [-0.3, -0.25) is 9.59 Å². The minimum absolute atomic E-state index is 0.0951. The summed E-state index contributed by atoms with van der Waals surface area (Å²) in [6.45, 7) is 3.47. The van der Waals surface area contributed by atoms with Gasteiger partial charge in [-0.05, 0) is 31.0 Å². The normalized spacial score (nSPS) is 11.9. The van der Waals surface area contributed by atoms with Crippen molar-refractivity contribution < 1.29 is 19.1 Å². The van der Waals surface area contributed by atoms with Crippen molar-refractivity contribution in [1.29, 1.82) is 0 Å². The fraction of sp³-hybridized carbons (Fsp3) is 0.250. The van der Waals surface area contributed by atoms with Crippen LogP contribution < -0.4 is 5.32 Å². The van der Waals surface area contributed by atoms with Crippen LogP contribution in [-0.2, 0) is 11.2 Å². The van der Waals surface area contributed by atoms with Gasteiger partial charge in [0, 0.05) is 5.56 Å². The highest BCUT2D eigenvalue weighted by atomic mass is 16.4. The van der Waals surface area contributed by atoms with E-state index >= 15 is 0 Å². The molecule has 1 atom stereocenters. The predicted molar refractivity (Wildman–Crippen MR) is 78.1 cm³/mol. The molecule has 2 aromatic rings. The number of nitrogens with one attached hydrogen (secondary N) is 1. The quantitative estimate of drug-likeness (QED) is 0.886. The second kappa shape index (κ2) is 6.26. The molecule has 1 heterocycles. The first-order valence-electron chi connectivity index (χ1n) is 6.74. The Morgan fingerprint density at radius 3 is 2.43 bits per heavy atom. The molecule has 1 aromatic heterocycles. The van der Waals surface area contributed by atoms with Gasteiger partial charge in [-0.2, -0.15) is 0 Å². The number of carbonyl (C=O) groups excluding carboxylic acids is 1. The summed E-state index contributed by atoms with van der Waals surface area (Å²) in [6, 6.07) is 10.1. The standard InChI is InChI=1S/C16H17NO4/c1-3-11-4-6-12(7-5-11)13-8-9-14(21-13)15(18)17-10(2)16(19)20/h4-10H,3H2,1-2H3,(H,17,18)(H,19,20)/t10-/m0/s1. The number of amides is 1. The molecule has 0 aliphatic rings. The van der Waals surface area contributed by atoms with Crippen LogP contribution >= 0.6 is 0 Å². The Morgan fingerprint density at radius 1 is 1.19 bits per heavy atom. The Labute approximate surface area is 122 Å². The van der Waals surface area contributed by atoms with Crippen LogP contribution in [-0.4, -0.2) is 23.0 Å². The van der Waals surface area contributed by atoms with E-state index in [0.717, 1.165) is 12.0 Å². The van der Waals surface area contributed by atoms with E-state index in [0.29, 0.717) is 5.76 Å². The Kier molecular flexibility index (Phi) is 4.42. The highest BCUT2D eigenvalue weighted by molar-refractivity contribution is 5.94. The second-order valence-electron chi connectivity index (χ2n) is 4.75. The fourth-order valence-corrected chi connectivity index (χ4v) is 1.85. The maximum Gasteiger partial charge on any atom is 0.325 e. The SMILES string of the molecule is CCc1ccc(-c2ccc(C(=O)N[C@@H](C)C(=O)O)o2)cc1. The molecule has 0 aliphatic carbocycles. The Balaban J connectivity index is 2.13. The molecule has 0 saturated carbocycles. The number of aryl methyl sites for hydroxylation is 1. The lowest BCUT2D eigenvalue weighted by molar-refractivity contribution is -0.138. The van der Waals surface area contributed by atoms with E-state index < -0.39 is 17.9 Å². The molecule has 0 radical (unpaired) electrons. The fourth-order valence-electron chi connectivity index (χ4n) is 1.85. The van der Waals surface area contributed by atoms with Crippen molar-refractivity contribution in [3.05, 3.63) is 47.7 Å². The van der Waals surface area contributed by atoms with E-state index in [1.54, 1.807) is 6.07 Å². The van der Waals surface area contributed by atoms with Crippen molar-refractivity contribution in [3.63, 3.8) is 0 Å². The van der Waals surface area contributed by atoms with Crippen molar-refractivity contribution in [3.8, 4) is 11.3 Å². The molecule has 0 fully saturated rings. The summed E-state index contributed by atoms with van der Waals surface area (Å²) >= 11 is 0. The molecule has 1 amide bonds. The summed E-state index contributed by atoms with van der Waals surface area (Å²) in [7, 11) is 0. The van der Waals surface area contributed by atoms with Crippen molar-refractivity contribution >= 4 is 11.9 Å². The number of carboxylic acid groups (broad SMARTS) is 1. The van der Waals surface area contributed by atoms with Gasteiger partial charge in [0.1, 0.15) is 11.8 Å². The Bertz CT molecular complexity index is 643. The molecule has 5 nitrogen and oxygen atoms in total. The zero-order valence-electron chi connectivity index (χ0n) is 11.9. The topological polar surface area (TPSA) is 79.5 Å². The van der Waals surface area contributed by atoms with Gasteiger partial charge in [-0.15, -0.1) is 0 Å². The summed E-state index contributed by atoms with van der Waals surface area (Å²) in [5.41, 5.74) is 2.09. The minimum atomic E-state index is -1.09. The zero-order chi connectivity index (χ0) is 15.4. The van der Waals surface area contributed by atoms with Gasteiger partial charge in [-0.1, -0.05) is 31.2 Å². The number of rotatable bonds is 5. The van der Waals surface area contributed by atoms with Crippen molar-refractivity contribution in [2.24, 2.45) is 0 Å². The van der Waals surface area contributed by atoms with E-state index in [4.69, 9.17) is 9.52 Å². The Hall–Kier alpha value is -2.56. The molecule has 2 N–H and O–H groups in total. The molecule has 0 bridgehead atoms. The maximum atomic E-state index is 11.8. The van der Waals surface area contributed by atoms with Gasteiger partial charge in [0.25, 0.3) is 5.91 Å². The lowest BCUT2D eigenvalue weighted by atomic mass is 10.1. The Morgan fingerprint density at radius 2 is 1.86 bits per heavy atom. The summed E-state index contributed by atoms with van der Waals surface area (Å²) in [5.74, 6) is -0.963. The maximum absolute atomic E-state index is 11.8. The van der Waals surface area contributed by atoms with Gasteiger partial charge in [-0.25, -0.2) is 0 Å². The summed E-state index contributed by atoms with van der Waals surface area (Å²) < 4.78 is 5.48. The van der Waals surface area contributed by atoms with Crippen molar-refractivity contribution in [2.75, 3.05) is 0 Å². The van der Waals surface area contributed by atoms with Gasteiger partial charge in [0.2, 0.25) is 0 Å². The molecule has 0 spiro atoms. The molecule has 0 aliphatic heterocycles. The molecular formula is C16H17NO4. The van der Waals surface area contributed by atoms with Crippen LogP contribution in [0.5, 0.6) is 0 Å². The average Bonchev–Trinajstić information content (AvgIpc) is 2.97. The van der Waals surface area contributed by atoms with Crippen LogP contribution in [0.25, 0.3) is 11.3 Å². The first-order chi connectivity index (χ1) is 10.0. The van der Waals surface area contributed by atoms with E-state index in [1.165, 1.54) is 18.6 Å². The van der Waals surface area contributed by atoms with Crippen LogP contribution in [0.4, 0.5) is 0 Å². The van der Waals surface area contributed by atoms with Crippen LogP contribution in [0.2, 0.25) is 0 Å². The average molecular weight is 287 g/mol. The molecule has 21 heavy (non-hydrogen) atoms. The van der Waals surface area contributed by atoms with E-state index in [9.17, 15) is 9.59 Å². The van der Waals surface area contributed by atoms with Gasteiger partial charge in [0.15, 0.2) is 5.76 Å². The number of hydrogen-bond acceptors (Lipinski definition) is 3. The van der Waals surface area contributed by atoms with Gasteiger partial charge >= 0.3 is 5.97 Å². The third-order valence-corrected chi connectivity index (χ3v) is 3.19. The molecular weight excluding hydrogens is 270 g/mol. The smallest absolute Gasteiger partial charge is 0.325 e. The highest BCUT2D eigenvalue weighted by Crippen LogP contribution is 2.22. The van der Waals surface area contributed by atoms with E-state index in [2.05, 4.69) is 12.2 Å². The highest BCUT2D eigenvalue weighted by Gasteiger charge is 2.18. The van der Waals surface area contributed by atoms with Crippen LogP contribution in [0.15, 0.2) is 40.8 Å². The summed E-state index contributed by atoms with van der Waals surface area (Å²) in [4.78, 5) is 22.5. The lowest BCUT2D eigenvalue weighted by Gasteiger charge is -2.07. The minimum Gasteiger partial charge on any atom is -0.480 e. The molecule has 5 heteroatoms. The number of carbonyl (C=O) groups is 2. The van der Waals surface area contributed by atoms with Crippen molar-refractivity contribution in [1.82, 2.24) is 5.32 Å². The summed E-state index contributed by atoms with van der Waals surface area (Å²) in [6.07, 6.45) is 0.958. The number of furan rings is 1. The monoisotopic (exact) mass is 287 g/mol. The number of carboxylic acids is 1. The predicted octanol–water partition coefficient (Wildman–Crippen LogP) is 2.71. The first kappa shape index (κ1) is 14.8. The number of benzene rings is 1. The van der Waals surface area contributed by atoms with Crippen molar-refractivity contribution in [2.45, 2.75) is 26.3 Å². The molecule has 0 saturated heterocycles. The number of aliphatic carboxylic acids is 1. The molecule has 110 valence electrons. The molecule has 1 aromatic carbocycles. The van der Waals surface area contributed by atoms with Crippen LogP contribution in [0.3, 0.4) is 0 Å². The lowest BCUT2D eigenvalue weighted by Crippen LogP contribution is -2.38. The largest absolute Gasteiger partial charge is 0.480 e. The second-order valence-corrected chi connectivity index (χ2v) is 4.75. The zero-order valence-corrected chi connectivity index (χ0v) is 11.9. The molecule has 2 rings (SSSR count). The van der Waals surface area contributed by atoms with E-state index in [1.807, 2.05) is 24.3 Å². The van der Waals surface area contributed by atoms with Crippen LogP contribution in [0, 0.1) is 0 Å². The van der Waals surface area contributed by atoms with Gasteiger partial charge in [0.05, 0.1) is 0 Å². The van der Waals surface area contributed by atoms with Crippen LogP contribution in [0.1, 0.15) is 30.0 Å². The summed E-state index contributed by atoms with van der Waals surface area (Å²) in [5, 5.41) is 11.1. The van der Waals surface area contributed by atoms with Gasteiger partial charge < -0.3 is 14.8 Å². The number of hydrogen-bond donors (Lipinski definition) is 2.